The van der Waals surface area contributed by atoms with Crippen molar-refractivity contribution in [2.24, 2.45) is 0 Å². The zero-order valence-corrected chi connectivity index (χ0v) is 12.0. The van der Waals surface area contributed by atoms with Crippen molar-refractivity contribution in [1.29, 1.82) is 0 Å². The topological polar surface area (TPSA) is 69.8 Å². The van der Waals surface area contributed by atoms with Crippen LogP contribution in [0.25, 0.3) is 0 Å². The first-order chi connectivity index (χ1) is 9.56. The van der Waals surface area contributed by atoms with E-state index >= 15 is 0 Å². The fourth-order valence-electron chi connectivity index (χ4n) is 2.02. The minimum atomic E-state index is -0.0585. The predicted molar refractivity (Wildman–Crippen MR) is 79.3 cm³/mol. The molecule has 0 aliphatic rings. The average molecular weight is 272 g/mol. The number of aryl methyl sites for hydroxylation is 1. The largest absolute Gasteiger partial charge is 0.326 e. The van der Waals surface area contributed by atoms with Crippen molar-refractivity contribution in [3.05, 3.63) is 47.3 Å². The summed E-state index contributed by atoms with van der Waals surface area (Å²) in [7, 11) is 0. The number of benzene rings is 1. The second-order valence-corrected chi connectivity index (χ2v) is 4.93. The van der Waals surface area contributed by atoms with Crippen molar-refractivity contribution in [3.63, 3.8) is 0 Å². The number of rotatable bonds is 5. The molecule has 1 aromatic carbocycles. The molecule has 20 heavy (non-hydrogen) atoms. The molecular formula is C15H20N4O. The van der Waals surface area contributed by atoms with Crippen molar-refractivity contribution >= 4 is 11.6 Å². The third-order valence-electron chi connectivity index (χ3n) is 3.24. The van der Waals surface area contributed by atoms with Crippen molar-refractivity contribution < 1.29 is 4.79 Å². The highest BCUT2D eigenvalue weighted by atomic mass is 16.1. The molecule has 1 heterocycles. The molecule has 0 fully saturated rings. The Hall–Kier alpha value is -2.14. The standard InChI is InChI=1S/C15H20N4O/c1-10(16-8-14-9-17-19-11(14)2)13-5-4-6-15(7-13)18-12(3)20/h4-7,9-10,16H,8H2,1-3H3,(H,17,19)(H,18,20). The van der Waals surface area contributed by atoms with Gasteiger partial charge in [0.05, 0.1) is 6.20 Å². The van der Waals surface area contributed by atoms with Crippen LogP contribution in [0, 0.1) is 6.92 Å². The number of nitrogens with zero attached hydrogens (tertiary/aromatic N) is 1. The Morgan fingerprint density at radius 1 is 1.45 bits per heavy atom. The Bertz CT molecular complexity index is 591. The van der Waals surface area contributed by atoms with Crippen LogP contribution in [0.1, 0.15) is 36.7 Å². The summed E-state index contributed by atoms with van der Waals surface area (Å²) in [5, 5.41) is 13.2. The summed E-state index contributed by atoms with van der Waals surface area (Å²) in [4.78, 5) is 11.1. The number of hydrogen-bond donors (Lipinski definition) is 3. The van der Waals surface area contributed by atoms with E-state index in [2.05, 4.69) is 27.8 Å². The van der Waals surface area contributed by atoms with Crippen LogP contribution in [0.5, 0.6) is 0 Å². The number of nitrogens with one attached hydrogen (secondary N) is 3. The van der Waals surface area contributed by atoms with Crippen LogP contribution >= 0.6 is 0 Å². The Labute approximate surface area is 118 Å². The van der Waals surface area contributed by atoms with Crippen LogP contribution in [0.15, 0.2) is 30.5 Å². The average Bonchev–Trinajstić information content (AvgIpc) is 2.81. The van der Waals surface area contributed by atoms with Gasteiger partial charge in [0.15, 0.2) is 0 Å². The summed E-state index contributed by atoms with van der Waals surface area (Å²) in [6.07, 6.45) is 1.84. The van der Waals surface area contributed by atoms with Gasteiger partial charge in [0.1, 0.15) is 0 Å². The van der Waals surface area contributed by atoms with Crippen molar-refractivity contribution in [3.8, 4) is 0 Å². The third kappa shape index (κ3) is 3.68. The highest BCUT2D eigenvalue weighted by Crippen LogP contribution is 2.18. The normalized spacial score (nSPS) is 12.2. The summed E-state index contributed by atoms with van der Waals surface area (Å²) in [5.74, 6) is -0.0585. The molecule has 1 unspecified atom stereocenters. The van der Waals surface area contributed by atoms with Crippen molar-refractivity contribution in [2.45, 2.75) is 33.4 Å². The maximum absolute atomic E-state index is 11.1. The van der Waals surface area contributed by atoms with E-state index in [9.17, 15) is 4.79 Å². The van der Waals surface area contributed by atoms with E-state index in [1.54, 1.807) is 0 Å². The molecule has 1 aromatic heterocycles. The number of anilines is 1. The Morgan fingerprint density at radius 2 is 2.25 bits per heavy atom. The zero-order chi connectivity index (χ0) is 14.5. The third-order valence-corrected chi connectivity index (χ3v) is 3.24. The van der Waals surface area contributed by atoms with Crippen LogP contribution in [-0.4, -0.2) is 16.1 Å². The number of aromatic amines is 1. The zero-order valence-electron chi connectivity index (χ0n) is 12.0. The molecule has 0 spiro atoms. The van der Waals surface area contributed by atoms with Crippen LogP contribution in [0.2, 0.25) is 0 Å². The van der Waals surface area contributed by atoms with Gasteiger partial charge in [-0.1, -0.05) is 12.1 Å². The van der Waals surface area contributed by atoms with Gasteiger partial charge in [-0.15, -0.1) is 0 Å². The van der Waals surface area contributed by atoms with Gasteiger partial charge >= 0.3 is 0 Å². The first-order valence-electron chi connectivity index (χ1n) is 6.66. The highest BCUT2D eigenvalue weighted by molar-refractivity contribution is 5.88. The molecule has 2 rings (SSSR count). The molecule has 3 N–H and O–H groups in total. The van der Waals surface area contributed by atoms with Gasteiger partial charge in [-0.3, -0.25) is 9.89 Å². The molecule has 0 bridgehead atoms. The molecule has 0 saturated heterocycles. The SMILES string of the molecule is CC(=O)Nc1cccc(C(C)NCc2cn[nH]c2C)c1. The molecule has 5 heteroatoms. The van der Waals surface area contributed by atoms with Gasteiger partial charge in [0.2, 0.25) is 5.91 Å². The van der Waals surface area contributed by atoms with Crippen LogP contribution in [0.3, 0.4) is 0 Å². The quantitative estimate of drug-likeness (QED) is 0.783. The first kappa shape index (κ1) is 14.3. The van der Waals surface area contributed by atoms with Crippen LogP contribution in [-0.2, 0) is 11.3 Å². The van der Waals surface area contributed by atoms with E-state index in [-0.39, 0.29) is 11.9 Å². The number of H-pyrrole nitrogens is 1. The van der Waals surface area contributed by atoms with Crippen LogP contribution < -0.4 is 10.6 Å². The number of hydrogen-bond acceptors (Lipinski definition) is 3. The van der Waals surface area contributed by atoms with Gasteiger partial charge in [-0.05, 0) is 31.5 Å². The van der Waals surface area contributed by atoms with E-state index in [1.807, 2.05) is 37.4 Å². The lowest BCUT2D eigenvalue weighted by Gasteiger charge is -2.15. The van der Waals surface area contributed by atoms with E-state index in [4.69, 9.17) is 0 Å². The van der Waals surface area contributed by atoms with Crippen molar-refractivity contribution in [2.75, 3.05) is 5.32 Å². The maximum Gasteiger partial charge on any atom is 0.221 e. The lowest BCUT2D eigenvalue weighted by Crippen LogP contribution is -2.18. The summed E-state index contributed by atoms with van der Waals surface area (Å²) >= 11 is 0. The molecule has 0 aliphatic carbocycles. The van der Waals surface area contributed by atoms with Gasteiger partial charge in [-0.25, -0.2) is 0 Å². The molecule has 2 aromatic rings. The Balaban J connectivity index is 2.00. The molecule has 0 radical (unpaired) electrons. The van der Waals surface area contributed by atoms with E-state index in [0.29, 0.717) is 0 Å². The van der Waals surface area contributed by atoms with Gasteiger partial charge in [0, 0.05) is 36.5 Å². The highest BCUT2D eigenvalue weighted by Gasteiger charge is 2.07. The number of amides is 1. The summed E-state index contributed by atoms with van der Waals surface area (Å²) in [6.45, 7) is 6.37. The van der Waals surface area contributed by atoms with E-state index < -0.39 is 0 Å². The molecule has 5 nitrogen and oxygen atoms in total. The van der Waals surface area contributed by atoms with E-state index in [0.717, 1.165) is 29.1 Å². The van der Waals surface area contributed by atoms with Gasteiger partial charge < -0.3 is 10.6 Å². The molecule has 106 valence electrons. The lowest BCUT2D eigenvalue weighted by molar-refractivity contribution is -0.114. The Morgan fingerprint density at radius 3 is 2.90 bits per heavy atom. The van der Waals surface area contributed by atoms with Gasteiger partial charge in [-0.2, -0.15) is 5.10 Å². The Kier molecular flexibility index (Phi) is 4.53. The van der Waals surface area contributed by atoms with Gasteiger partial charge in [0.25, 0.3) is 0 Å². The fourth-order valence-corrected chi connectivity index (χ4v) is 2.02. The fraction of sp³-hybridized carbons (Fsp3) is 0.333. The molecule has 1 amide bonds. The monoisotopic (exact) mass is 272 g/mol. The number of carbonyl (C=O) groups excluding carboxylic acids is 1. The summed E-state index contributed by atoms with van der Waals surface area (Å²) in [6, 6.07) is 8.06. The molecular weight excluding hydrogens is 252 g/mol. The molecule has 1 atom stereocenters. The molecule has 0 saturated carbocycles. The van der Waals surface area contributed by atoms with Crippen LogP contribution in [0.4, 0.5) is 5.69 Å². The number of aromatic nitrogens is 2. The predicted octanol–water partition coefficient (Wildman–Crippen LogP) is 2.53. The van der Waals surface area contributed by atoms with E-state index in [1.165, 1.54) is 6.92 Å². The maximum atomic E-state index is 11.1. The lowest BCUT2D eigenvalue weighted by atomic mass is 10.1. The minimum Gasteiger partial charge on any atom is -0.326 e. The number of carbonyl (C=O) groups is 1. The smallest absolute Gasteiger partial charge is 0.221 e. The molecule has 0 aliphatic heterocycles. The second kappa shape index (κ2) is 6.34. The first-order valence-corrected chi connectivity index (χ1v) is 6.66. The summed E-state index contributed by atoms with van der Waals surface area (Å²) in [5.41, 5.74) is 4.20. The minimum absolute atomic E-state index is 0.0585. The summed E-state index contributed by atoms with van der Waals surface area (Å²) < 4.78 is 0. The second-order valence-electron chi connectivity index (χ2n) is 4.93. The van der Waals surface area contributed by atoms with Crippen molar-refractivity contribution in [1.82, 2.24) is 15.5 Å².